The smallest absolute Gasteiger partial charge is 0.141 e. The van der Waals surface area contributed by atoms with E-state index >= 15 is 0 Å². The lowest BCUT2D eigenvalue weighted by atomic mass is 9.77. The number of ether oxygens (including phenoxy) is 2. The van der Waals surface area contributed by atoms with Crippen molar-refractivity contribution in [2.24, 2.45) is 17.7 Å². The summed E-state index contributed by atoms with van der Waals surface area (Å²) in [6, 6.07) is 4.11. The molecule has 1 fully saturated rings. The van der Waals surface area contributed by atoms with Gasteiger partial charge in [-0.15, -0.1) is 0 Å². The number of halogens is 1. The predicted octanol–water partition coefficient (Wildman–Crippen LogP) is 3.80. The molecule has 1 saturated carbocycles. The Labute approximate surface area is 135 Å². The van der Waals surface area contributed by atoms with Crippen LogP contribution in [0.15, 0.2) is 16.6 Å². The minimum absolute atomic E-state index is 0.106. The van der Waals surface area contributed by atoms with Gasteiger partial charge < -0.3 is 9.47 Å². The highest BCUT2D eigenvalue weighted by atomic mass is 79.9. The fraction of sp³-hybridized carbons (Fsp3) is 0.625. The van der Waals surface area contributed by atoms with Crippen molar-refractivity contribution in [3.8, 4) is 11.5 Å². The van der Waals surface area contributed by atoms with Gasteiger partial charge in [-0.05, 0) is 52.7 Å². The second kappa shape index (κ2) is 7.47. The Bertz CT molecular complexity index is 474. The van der Waals surface area contributed by atoms with Crippen molar-refractivity contribution in [1.29, 1.82) is 0 Å². The van der Waals surface area contributed by atoms with Crippen LogP contribution in [0.4, 0.5) is 0 Å². The maximum Gasteiger partial charge on any atom is 0.141 e. The molecule has 0 heterocycles. The maximum absolute atomic E-state index is 5.86. The molecule has 2 rings (SSSR count). The van der Waals surface area contributed by atoms with Gasteiger partial charge in [0.15, 0.2) is 0 Å². The molecule has 0 aromatic heterocycles. The summed E-state index contributed by atoms with van der Waals surface area (Å²) in [7, 11) is 3.33. The molecule has 1 aliphatic rings. The van der Waals surface area contributed by atoms with Gasteiger partial charge in [0.25, 0.3) is 0 Å². The molecule has 0 radical (unpaired) electrons. The average Bonchev–Trinajstić information content (AvgIpc) is 2.50. The van der Waals surface area contributed by atoms with Gasteiger partial charge in [-0.2, -0.15) is 0 Å². The van der Waals surface area contributed by atoms with Crippen molar-refractivity contribution < 1.29 is 9.47 Å². The first-order chi connectivity index (χ1) is 10.1. The molecule has 5 heteroatoms. The molecule has 1 aromatic carbocycles. The molecule has 1 unspecified atom stereocenters. The van der Waals surface area contributed by atoms with Gasteiger partial charge in [-0.25, -0.2) is 0 Å². The monoisotopic (exact) mass is 356 g/mol. The number of hydrogen-bond donors (Lipinski definition) is 2. The van der Waals surface area contributed by atoms with Crippen molar-refractivity contribution in [2.45, 2.75) is 38.6 Å². The van der Waals surface area contributed by atoms with Crippen LogP contribution in [0, 0.1) is 11.8 Å². The number of nitrogens with one attached hydrogen (secondary N) is 1. The summed E-state index contributed by atoms with van der Waals surface area (Å²) < 4.78 is 11.8. The van der Waals surface area contributed by atoms with E-state index in [-0.39, 0.29) is 6.04 Å². The van der Waals surface area contributed by atoms with Gasteiger partial charge in [0.05, 0.1) is 20.3 Å². The van der Waals surface area contributed by atoms with E-state index in [2.05, 4.69) is 28.3 Å². The largest absolute Gasteiger partial charge is 0.495 e. The minimum Gasteiger partial charge on any atom is -0.495 e. The molecule has 0 bridgehead atoms. The zero-order valence-corrected chi connectivity index (χ0v) is 14.6. The highest BCUT2D eigenvalue weighted by molar-refractivity contribution is 9.10. The Morgan fingerprint density at radius 2 is 1.86 bits per heavy atom. The highest BCUT2D eigenvalue weighted by Gasteiger charge is 2.29. The molecule has 118 valence electrons. The number of rotatable bonds is 5. The molecule has 0 aliphatic heterocycles. The van der Waals surface area contributed by atoms with Gasteiger partial charge in [0, 0.05) is 5.56 Å². The summed E-state index contributed by atoms with van der Waals surface area (Å²) in [6.07, 6.45) is 4.93. The third-order valence-corrected chi connectivity index (χ3v) is 5.31. The second-order valence-electron chi connectivity index (χ2n) is 5.87. The highest BCUT2D eigenvalue weighted by Crippen LogP contribution is 2.44. The number of methoxy groups -OCH3 is 2. The van der Waals surface area contributed by atoms with E-state index < -0.39 is 0 Å². The average molecular weight is 357 g/mol. The van der Waals surface area contributed by atoms with Crippen LogP contribution in [0.5, 0.6) is 11.5 Å². The summed E-state index contributed by atoms with van der Waals surface area (Å²) in [5.41, 5.74) is 4.09. The standard InChI is InChI=1S/C16H25BrN2O2/c1-10-4-6-11(7-5-10)15(19-18)12-8-9-13(20-2)14(17)16(12)21-3/h8-11,15,19H,4-7,18H2,1-3H3. The fourth-order valence-corrected chi connectivity index (χ4v) is 3.95. The first-order valence-corrected chi connectivity index (χ1v) is 8.28. The van der Waals surface area contributed by atoms with E-state index in [4.69, 9.17) is 15.3 Å². The third kappa shape index (κ3) is 3.52. The molecular weight excluding hydrogens is 332 g/mol. The first kappa shape index (κ1) is 16.6. The summed E-state index contributed by atoms with van der Waals surface area (Å²) in [5.74, 6) is 8.80. The lowest BCUT2D eigenvalue weighted by molar-refractivity contribution is 0.228. The number of hydrazine groups is 1. The Kier molecular flexibility index (Phi) is 5.90. The second-order valence-corrected chi connectivity index (χ2v) is 6.66. The summed E-state index contributed by atoms with van der Waals surface area (Å²) in [4.78, 5) is 0. The molecule has 1 atom stereocenters. The van der Waals surface area contributed by atoms with Crippen molar-refractivity contribution in [1.82, 2.24) is 5.43 Å². The van der Waals surface area contributed by atoms with E-state index in [9.17, 15) is 0 Å². The van der Waals surface area contributed by atoms with E-state index in [0.29, 0.717) is 5.92 Å². The lowest BCUT2D eigenvalue weighted by Crippen LogP contribution is -2.35. The minimum atomic E-state index is 0.106. The fourth-order valence-electron chi connectivity index (χ4n) is 3.26. The zero-order valence-electron chi connectivity index (χ0n) is 13.0. The van der Waals surface area contributed by atoms with Crippen molar-refractivity contribution in [3.05, 3.63) is 22.2 Å². The molecule has 0 amide bonds. The van der Waals surface area contributed by atoms with Crippen molar-refractivity contribution in [2.75, 3.05) is 14.2 Å². The van der Waals surface area contributed by atoms with Crippen LogP contribution in [-0.4, -0.2) is 14.2 Å². The van der Waals surface area contributed by atoms with Crippen LogP contribution in [0.2, 0.25) is 0 Å². The van der Waals surface area contributed by atoms with Crippen LogP contribution >= 0.6 is 15.9 Å². The lowest BCUT2D eigenvalue weighted by Gasteiger charge is -2.33. The predicted molar refractivity (Wildman–Crippen MR) is 88.4 cm³/mol. The molecule has 1 aliphatic carbocycles. The number of hydrogen-bond acceptors (Lipinski definition) is 4. The molecule has 1 aromatic rings. The van der Waals surface area contributed by atoms with E-state index in [1.807, 2.05) is 12.1 Å². The van der Waals surface area contributed by atoms with Crippen LogP contribution in [-0.2, 0) is 0 Å². The summed E-state index contributed by atoms with van der Waals surface area (Å²) >= 11 is 3.56. The van der Waals surface area contributed by atoms with Gasteiger partial charge in [0.2, 0.25) is 0 Å². The number of benzene rings is 1. The molecule has 3 N–H and O–H groups in total. The molecule has 0 spiro atoms. The topological polar surface area (TPSA) is 56.5 Å². The van der Waals surface area contributed by atoms with Gasteiger partial charge in [-0.3, -0.25) is 11.3 Å². The Morgan fingerprint density at radius 3 is 2.38 bits per heavy atom. The van der Waals surface area contributed by atoms with Gasteiger partial charge >= 0.3 is 0 Å². The summed E-state index contributed by atoms with van der Waals surface area (Å²) in [6.45, 7) is 2.33. The van der Waals surface area contributed by atoms with Gasteiger partial charge in [-0.1, -0.05) is 19.8 Å². The van der Waals surface area contributed by atoms with Crippen LogP contribution in [0.3, 0.4) is 0 Å². The zero-order chi connectivity index (χ0) is 15.4. The SMILES string of the molecule is COc1ccc(C(NN)C2CCC(C)CC2)c(OC)c1Br. The molecule has 0 saturated heterocycles. The maximum atomic E-state index is 5.86. The third-order valence-electron chi connectivity index (χ3n) is 4.56. The van der Waals surface area contributed by atoms with Crippen molar-refractivity contribution >= 4 is 15.9 Å². The van der Waals surface area contributed by atoms with E-state index in [1.165, 1.54) is 25.7 Å². The molecular formula is C16H25BrN2O2. The Hall–Kier alpha value is -0.780. The Balaban J connectivity index is 2.31. The van der Waals surface area contributed by atoms with Crippen molar-refractivity contribution in [3.63, 3.8) is 0 Å². The number of nitrogens with two attached hydrogens (primary N) is 1. The Morgan fingerprint density at radius 1 is 1.19 bits per heavy atom. The van der Waals surface area contributed by atoms with Gasteiger partial charge in [0.1, 0.15) is 16.0 Å². The van der Waals surface area contributed by atoms with E-state index in [1.54, 1.807) is 14.2 Å². The van der Waals surface area contributed by atoms with Crippen LogP contribution in [0.1, 0.15) is 44.2 Å². The molecule has 4 nitrogen and oxygen atoms in total. The van der Waals surface area contributed by atoms with Crippen LogP contribution < -0.4 is 20.7 Å². The van der Waals surface area contributed by atoms with E-state index in [0.717, 1.165) is 27.5 Å². The quantitative estimate of drug-likeness (QED) is 0.622. The molecule has 21 heavy (non-hydrogen) atoms. The first-order valence-electron chi connectivity index (χ1n) is 7.48. The normalized spacial score (nSPS) is 23.7. The van der Waals surface area contributed by atoms with Crippen LogP contribution in [0.25, 0.3) is 0 Å². The summed E-state index contributed by atoms with van der Waals surface area (Å²) in [5, 5.41) is 0.